The summed E-state index contributed by atoms with van der Waals surface area (Å²) >= 11 is 7.95. The summed E-state index contributed by atoms with van der Waals surface area (Å²) in [6.07, 6.45) is 2.26. The average molecular weight is 410 g/mol. The van der Waals surface area contributed by atoms with Crippen molar-refractivity contribution in [3.8, 4) is 0 Å². The molecule has 1 saturated carbocycles. The number of benzene rings is 1. The van der Waals surface area contributed by atoms with Crippen molar-refractivity contribution in [3.63, 3.8) is 0 Å². The van der Waals surface area contributed by atoms with Crippen molar-refractivity contribution in [2.24, 2.45) is 3.95 Å². The van der Waals surface area contributed by atoms with Crippen LogP contribution in [0.5, 0.6) is 0 Å². The largest absolute Gasteiger partial charge is 0.398 e. The van der Waals surface area contributed by atoms with E-state index in [0.717, 1.165) is 23.9 Å². The van der Waals surface area contributed by atoms with Crippen molar-refractivity contribution in [1.29, 1.82) is 0 Å². The monoisotopic (exact) mass is 409 g/mol. The zero-order chi connectivity index (χ0) is 15.1. The number of rotatable bonds is 2. The minimum Gasteiger partial charge on any atom is -0.398 e. The summed E-state index contributed by atoms with van der Waals surface area (Å²) in [5.41, 5.74) is 7.32. The lowest BCUT2D eigenvalue weighted by atomic mass is 9.94. The summed E-state index contributed by atoms with van der Waals surface area (Å²) in [6, 6.07) is 1.80. The molecule has 0 radical (unpaired) electrons. The van der Waals surface area contributed by atoms with E-state index in [9.17, 15) is 5.11 Å². The number of nitrogen functional groups attached to an aromatic ring is 1. The Morgan fingerprint density at radius 3 is 2.55 bits per heavy atom. The summed E-state index contributed by atoms with van der Waals surface area (Å²) in [4.78, 5) is 0. The van der Waals surface area contributed by atoms with Crippen molar-refractivity contribution < 1.29 is 9.63 Å². The van der Waals surface area contributed by atoms with Gasteiger partial charge in [0.2, 0.25) is 0 Å². The van der Waals surface area contributed by atoms with E-state index in [1.165, 1.54) is 0 Å². The van der Waals surface area contributed by atoms with Crippen molar-refractivity contribution >= 4 is 51.1 Å². The van der Waals surface area contributed by atoms with Gasteiger partial charge in [0.25, 0.3) is 0 Å². The molecular formula is C13H17ClIN3O2. The lowest BCUT2D eigenvalue weighted by Crippen LogP contribution is -2.18. The zero-order valence-corrected chi connectivity index (χ0v) is 14.2. The molecule has 0 spiro atoms. The summed E-state index contributed by atoms with van der Waals surface area (Å²) in [6.45, 7) is 3.29. The molecule has 110 valence electrons. The molecule has 7 heteroatoms. The zero-order valence-electron chi connectivity index (χ0n) is 11.3. The van der Waals surface area contributed by atoms with Crippen molar-refractivity contribution in [3.05, 3.63) is 22.3 Å². The number of halogens is 2. The van der Waals surface area contributed by atoms with Gasteiger partial charge < -0.3 is 15.4 Å². The first-order valence-corrected chi connectivity index (χ1v) is 7.84. The molecule has 1 aromatic heterocycles. The highest BCUT2D eigenvalue weighted by Gasteiger charge is 2.32. The molecule has 0 unspecified atom stereocenters. The lowest BCUT2D eigenvalue weighted by Gasteiger charge is -2.21. The van der Waals surface area contributed by atoms with Crippen LogP contribution >= 0.6 is 34.5 Å². The standard InChI is InChI=1S/C13H15ClN2O2.H2IN/c1-13(2,17)9-8(15)5-7-11(6-3-4-6)16-18-12(7)10(9)14;1-2/h5-6,17H,3-4,15H2,1-2H3;2H2. The topological polar surface area (TPSA) is 98.3 Å². The van der Waals surface area contributed by atoms with Crippen LogP contribution in [0.1, 0.15) is 43.9 Å². The molecule has 1 aliphatic rings. The minimum atomic E-state index is -1.11. The van der Waals surface area contributed by atoms with Gasteiger partial charge in [0.15, 0.2) is 5.58 Å². The number of anilines is 1. The third kappa shape index (κ3) is 2.74. The summed E-state index contributed by atoms with van der Waals surface area (Å²) in [5, 5.41) is 15.4. The normalized spacial score (nSPS) is 15.1. The molecule has 0 bridgehead atoms. The van der Waals surface area contributed by atoms with Gasteiger partial charge in [-0.3, -0.25) is 3.95 Å². The van der Waals surface area contributed by atoms with Gasteiger partial charge in [-0.2, -0.15) is 0 Å². The molecular weight excluding hydrogens is 393 g/mol. The number of nitrogens with zero attached hydrogens (tertiary/aromatic N) is 1. The van der Waals surface area contributed by atoms with Gasteiger partial charge in [-0.05, 0) is 32.8 Å². The van der Waals surface area contributed by atoms with Crippen molar-refractivity contribution in [2.75, 3.05) is 5.73 Å². The van der Waals surface area contributed by atoms with E-state index >= 15 is 0 Å². The van der Waals surface area contributed by atoms with E-state index in [4.69, 9.17) is 21.9 Å². The van der Waals surface area contributed by atoms with Crippen molar-refractivity contribution in [1.82, 2.24) is 5.16 Å². The minimum absolute atomic E-state index is 0.358. The number of nitrogens with two attached hydrogens (primary N) is 2. The fourth-order valence-electron chi connectivity index (χ4n) is 2.35. The molecule has 0 amide bonds. The Morgan fingerprint density at radius 2 is 2.05 bits per heavy atom. The third-order valence-electron chi connectivity index (χ3n) is 3.34. The second-order valence-corrected chi connectivity index (χ2v) is 5.81. The number of aliphatic hydroxyl groups is 1. The van der Waals surface area contributed by atoms with Gasteiger partial charge in [-0.15, -0.1) is 0 Å². The Kier molecular flexibility index (Phi) is 4.48. The maximum Gasteiger partial charge on any atom is 0.186 e. The highest BCUT2D eigenvalue weighted by Crippen LogP contribution is 2.46. The maximum absolute atomic E-state index is 10.1. The van der Waals surface area contributed by atoms with Crippen LogP contribution in [-0.4, -0.2) is 10.3 Å². The molecule has 1 aromatic carbocycles. The second kappa shape index (κ2) is 5.67. The highest BCUT2D eigenvalue weighted by atomic mass is 127. The van der Waals surface area contributed by atoms with E-state index in [1.54, 1.807) is 42.8 Å². The van der Waals surface area contributed by atoms with Crippen LogP contribution in [0.3, 0.4) is 0 Å². The first-order chi connectivity index (χ1) is 9.39. The third-order valence-corrected chi connectivity index (χ3v) is 3.70. The van der Waals surface area contributed by atoms with Gasteiger partial charge in [0.1, 0.15) is 0 Å². The van der Waals surface area contributed by atoms with Gasteiger partial charge in [0, 0.05) is 45.4 Å². The molecule has 20 heavy (non-hydrogen) atoms. The smallest absolute Gasteiger partial charge is 0.186 e. The Bertz CT molecular complexity index is 633. The van der Waals surface area contributed by atoms with Gasteiger partial charge in [-0.25, -0.2) is 0 Å². The molecule has 2 aromatic rings. The quantitative estimate of drug-likeness (QED) is 0.401. The van der Waals surface area contributed by atoms with Crippen LogP contribution in [-0.2, 0) is 5.60 Å². The van der Waals surface area contributed by atoms with E-state index in [-0.39, 0.29) is 0 Å². The Hall–Kier alpha value is -0.570. The summed E-state index contributed by atoms with van der Waals surface area (Å²) in [7, 11) is 0. The SMILES string of the molecule is CC(C)(O)c1c(N)cc2c(C3CC3)noc2c1Cl.NI. The van der Waals surface area contributed by atoms with E-state index in [1.807, 2.05) is 0 Å². The van der Waals surface area contributed by atoms with Crippen LogP contribution in [0.4, 0.5) is 5.69 Å². The molecule has 0 aliphatic heterocycles. The molecule has 3 rings (SSSR count). The first-order valence-electron chi connectivity index (χ1n) is 6.21. The molecule has 0 atom stereocenters. The number of hydrogen-bond donors (Lipinski definition) is 3. The van der Waals surface area contributed by atoms with Crippen LogP contribution in [0.15, 0.2) is 10.6 Å². The predicted molar refractivity (Wildman–Crippen MR) is 88.9 cm³/mol. The molecule has 0 saturated heterocycles. The number of aromatic nitrogens is 1. The van der Waals surface area contributed by atoms with E-state index < -0.39 is 5.60 Å². The summed E-state index contributed by atoms with van der Waals surface area (Å²) < 4.78 is 9.79. The lowest BCUT2D eigenvalue weighted by molar-refractivity contribution is 0.0795. The highest BCUT2D eigenvalue weighted by molar-refractivity contribution is 14.1. The number of hydrogen-bond acceptors (Lipinski definition) is 5. The van der Waals surface area contributed by atoms with Gasteiger partial charge in [-0.1, -0.05) is 16.8 Å². The fourth-order valence-corrected chi connectivity index (χ4v) is 2.82. The average Bonchev–Trinajstić information content (AvgIpc) is 3.11. The molecule has 5 N–H and O–H groups in total. The van der Waals surface area contributed by atoms with Crippen molar-refractivity contribution in [2.45, 2.75) is 38.2 Å². The van der Waals surface area contributed by atoms with Gasteiger partial charge in [0.05, 0.1) is 16.3 Å². The Balaban J connectivity index is 0.000000704. The van der Waals surface area contributed by atoms with Gasteiger partial charge >= 0.3 is 0 Å². The van der Waals surface area contributed by atoms with Crippen LogP contribution < -0.4 is 9.68 Å². The van der Waals surface area contributed by atoms with Crippen LogP contribution in [0.25, 0.3) is 11.0 Å². The van der Waals surface area contributed by atoms with Crippen LogP contribution in [0, 0.1) is 0 Å². The van der Waals surface area contributed by atoms with Crippen LogP contribution in [0.2, 0.25) is 5.02 Å². The molecule has 1 heterocycles. The molecule has 1 aliphatic carbocycles. The van der Waals surface area contributed by atoms with E-state index in [2.05, 4.69) is 9.10 Å². The molecule has 5 nitrogen and oxygen atoms in total. The number of fused-ring (bicyclic) bond motifs is 1. The van der Waals surface area contributed by atoms with E-state index in [0.29, 0.717) is 27.8 Å². The first kappa shape index (κ1) is 15.8. The fraction of sp³-hybridized carbons (Fsp3) is 0.462. The summed E-state index contributed by atoms with van der Waals surface area (Å²) in [5.74, 6) is 0.467. The Labute approximate surface area is 136 Å². The Morgan fingerprint density at radius 1 is 1.45 bits per heavy atom. The predicted octanol–water partition coefficient (Wildman–Crippen LogP) is 3.46. The second-order valence-electron chi connectivity index (χ2n) is 5.43. The molecule has 1 fully saturated rings. The maximum atomic E-state index is 10.1.